The lowest BCUT2D eigenvalue weighted by atomic mass is 10.0. The highest BCUT2D eigenvalue weighted by Crippen LogP contribution is 2.25. The summed E-state index contributed by atoms with van der Waals surface area (Å²) in [5.74, 6) is -1.34. The molecule has 16 heavy (non-hydrogen) atoms. The molecule has 1 rings (SSSR count). The smallest absolute Gasteiger partial charge is 0.303 e. The van der Waals surface area contributed by atoms with Gasteiger partial charge < -0.3 is 10.8 Å². The van der Waals surface area contributed by atoms with Gasteiger partial charge in [-0.25, -0.2) is 4.39 Å². The molecule has 0 heterocycles. The molecule has 0 fully saturated rings. The van der Waals surface area contributed by atoms with E-state index in [0.29, 0.717) is 16.1 Å². The molecule has 0 bridgehead atoms. The van der Waals surface area contributed by atoms with Crippen LogP contribution in [-0.4, -0.2) is 11.1 Å². The molecule has 0 spiro atoms. The van der Waals surface area contributed by atoms with Crippen molar-refractivity contribution in [3.05, 3.63) is 34.1 Å². The predicted molar refractivity (Wildman–Crippen MR) is 59.9 cm³/mol. The molecular weight excluding hydrogens is 233 g/mol. The van der Waals surface area contributed by atoms with Crippen LogP contribution < -0.4 is 5.73 Å². The standard InChI is InChI=1S/C11H13ClFNO2/c1-6-8(12)4-7(5-9(6)13)10(14)2-3-11(15)16/h4-5,10H,2-3,14H2,1H3,(H,15,16). The van der Waals surface area contributed by atoms with Crippen LogP contribution >= 0.6 is 11.6 Å². The highest BCUT2D eigenvalue weighted by molar-refractivity contribution is 6.31. The second-order valence-corrected chi connectivity index (χ2v) is 4.06. The Labute approximate surface area is 98.0 Å². The van der Waals surface area contributed by atoms with Gasteiger partial charge in [-0.2, -0.15) is 0 Å². The van der Waals surface area contributed by atoms with Gasteiger partial charge in [-0.05, 0) is 31.0 Å². The average Bonchev–Trinajstić information content (AvgIpc) is 2.21. The topological polar surface area (TPSA) is 63.3 Å². The van der Waals surface area contributed by atoms with E-state index in [1.54, 1.807) is 13.0 Å². The fourth-order valence-electron chi connectivity index (χ4n) is 1.32. The summed E-state index contributed by atoms with van der Waals surface area (Å²) in [6.45, 7) is 1.57. The van der Waals surface area contributed by atoms with Gasteiger partial charge in [0.25, 0.3) is 0 Å². The van der Waals surface area contributed by atoms with E-state index in [1.165, 1.54) is 6.07 Å². The largest absolute Gasteiger partial charge is 0.481 e. The van der Waals surface area contributed by atoms with Gasteiger partial charge in [0.1, 0.15) is 5.82 Å². The van der Waals surface area contributed by atoms with Crippen molar-refractivity contribution in [2.75, 3.05) is 0 Å². The Morgan fingerprint density at radius 3 is 2.75 bits per heavy atom. The van der Waals surface area contributed by atoms with Gasteiger partial charge in [-0.1, -0.05) is 11.6 Å². The van der Waals surface area contributed by atoms with Gasteiger partial charge in [0.2, 0.25) is 0 Å². The maximum Gasteiger partial charge on any atom is 0.303 e. The number of aliphatic carboxylic acids is 1. The summed E-state index contributed by atoms with van der Waals surface area (Å²) in [6, 6.07) is 2.36. The molecule has 3 N–H and O–H groups in total. The van der Waals surface area contributed by atoms with Crippen LogP contribution in [0.4, 0.5) is 4.39 Å². The van der Waals surface area contributed by atoms with Crippen molar-refractivity contribution in [3.8, 4) is 0 Å². The third kappa shape index (κ3) is 3.18. The summed E-state index contributed by atoms with van der Waals surface area (Å²) >= 11 is 5.81. The Hall–Kier alpha value is -1.13. The van der Waals surface area contributed by atoms with Crippen LogP contribution in [0.2, 0.25) is 5.02 Å². The molecule has 5 heteroatoms. The van der Waals surface area contributed by atoms with Crippen molar-refractivity contribution in [1.29, 1.82) is 0 Å². The minimum atomic E-state index is -0.922. The number of nitrogens with two attached hydrogens (primary N) is 1. The molecule has 1 atom stereocenters. The fraction of sp³-hybridized carbons (Fsp3) is 0.364. The molecule has 1 aromatic rings. The predicted octanol–water partition coefficient (Wildman–Crippen LogP) is 2.65. The van der Waals surface area contributed by atoms with Gasteiger partial charge >= 0.3 is 5.97 Å². The maximum absolute atomic E-state index is 13.3. The number of rotatable bonds is 4. The third-order valence-corrected chi connectivity index (χ3v) is 2.79. The van der Waals surface area contributed by atoms with Crippen molar-refractivity contribution in [2.45, 2.75) is 25.8 Å². The zero-order valence-corrected chi connectivity index (χ0v) is 9.59. The lowest BCUT2D eigenvalue weighted by Crippen LogP contribution is -2.12. The highest BCUT2D eigenvalue weighted by Gasteiger charge is 2.12. The Morgan fingerprint density at radius 1 is 1.62 bits per heavy atom. The Kier molecular flexibility index (Phi) is 4.26. The number of hydrogen-bond acceptors (Lipinski definition) is 2. The molecular formula is C11H13ClFNO2. The first-order valence-corrected chi connectivity index (χ1v) is 5.22. The van der Waals surface area contributed by atoms with Crippen LogP contribution in [0.5, 0.6) is 0 Å². The van der Waals surface area contributed by atoms with E-state index < -0.39 is 17.8 Å². The highest BCUT2D eigenvalue weighted by atomic mass is 35.5. The van der Waals surface area contributed by atoms with Crippen LogP contribution in [0, 0.1) is 12.7 Å². The van der Waals surface area contributed by atoms with Crippen LogP contribution in [0.1, 0.15) is 30.0 Å². The molecule has 88 valence electrons. The number of halogens is 2. The van der Waals surface area contributed by atoms with Crippen LogP contribution in [-0.2, 0) is 4.79 Å². The molecule has 0 aliphatic rings. The summed E-state index contributed by atoms with van der Waals surface area (Å²) in [4.78, 5) is 10.4. The van der Waals surface area contributed by atoms with Gasteiger partial charge in [-0.3, -0.25) is 4.79 Å². The normalized spacial score (nSPS) is 12.5. The van der Waals surface area contributed by atoms with Crippen LogP contribution in [0.15, 0.2) is 12.1 Å². The minimum Gasteiger partial charge on any atom is -0.481 e. The summed E-state index contributed by atoms with van der Waals surface area (Å²) in [7, 11) is 0. The van der Waals surface area contributed by atoms with E-state index >= 15 is 0 Å². The molecule has 0 amide bonds. The van der Waals surface area contributed by atoms with Gasteiger partial charge in [0, 0.05) is 23.0 Å². The van der Waals surface area contributed by atoms with E-state index in [2.05, 4.69) is 0 Å². The Bertz CT molecular complexity index is 386. The molecule has 1 unspecified atom stereocenters. The van der Waals surface area contributed by atoms with Crippen molar-refractivity contribution in [1.82, 2.24) is 0 Å². The zero-order valence-electron chi connectivity index (χ0n) is 8.84. The summed E-state index contributed by atoms with van der Waals surface area (Å²) in [5.41, 5.74) is 6.64. The first-order chi connectivity index (χ1) is 7.41. The fourth-order valence-corrected chi connectivity index (χ4v) is 1.54. The van der Waals surface area contributed by atoms with Gasteiger partial charge in [0.15, 0.2) is 0 Å². The van der Waals surface area contributed by atoms with Gasteiger partial charge in [-0.15, -0.1) is 0 Å². The second-order valence-electron chi connectivity index (χ2n) is 3.65. The average molecular weight is 246 g/mol. The minimum absolute atomic E-state index is 0.0473. The lowest BCUT2D eigenvalue weighted by molar-refractivity contribution is -0.137. The molecule has 0 saturated heterocycles. The Balaban J connectivity index is 2.84. The molecule has 3 nitrogen and oxygen atoms in total. The molecule has 1 aromatic carbocycles. The first-order valence-electron chi connectivity index (χ1n) is 4.84. The SMILES string of the molecule is Cc1c(F)cc(C(N)CCC(=O)O)cc1Cl. The zero-order chi connectivity index (χ0) is 12.3. The van der Waals surface area contributed by atoms with E-state index in [4.69, 9.17) is 22.4 Å². The quantitative estimate of drug-likeness (QED) is 0.857. The first kappa shape index (κ1) is 12.9. The van der Waals surface area contributed by atoms with Gasteiger partial charge in [0.05, 0.1) is 0 Å². The molecule has 0 saturated carbocycles. The van der Waals surface area contributed by atoms with Crippen molar-refractivity contribution in [2.24, 2.45) is 5.73 Å². The van der Waals surface area contributed by atoms with Crippen LogP contribution in [0.25, 0.3) is 0 Å². The Morgan fingerprint density at radius 2 is 2.25 bits per heavy atom. The number of benzene rings is 1. The molecule has 0 radical (unpaired) electrons. The summed E-state index contributed by atoms with van der Waals surface area (Å²) < 4.78 is 13.3. The van der Waals surface area contributed by atoms with Crippen LogP contribution in [0.3, 0.4) is 0 Å². The van der Waals surface area contributed by atoms with E-state index in [1.807, 2.05) is 0 Å². The monoisotopic (exact) mass is 245 g/mol. The molecule has 0 aromatic heterocycles. The second kappa shape index (κ2) is 5.27. The van der Waals surface area contributed by atoms with Crippen molar-refractivity contribution in [3.63, 3.8) is 0 Å². The molecule has 0 aliphatic heterocycles. The number of carbonyl (C=O) groups is 1. The number of hydrogen-bond donors (Lipinski definition) is 2. The van der Waals surface area contributed by atoms with E-state index in [0.717, 1.165) is 0 Å². The summed E-state index contributed by atoms with van der Waals surface area (Å²) in [5, 5.41) is 8.81. The maximum atomic E-state index is 13.3. The van der Waals surface area contributed by atoms with E-state index in [-0.39, 0.29) is 12.8 Å². The van der Waals surface area contributed by atoms with E-state index in [9.17, 15) is 9.18 Å². The number of carboxylic acid groups (broad SMARTS) is 1. The molecule has 0 aliphatic carbocycles. The third-order valence-electron chi connectivity index (χ3n) is 2.40. The van der Waals surface area contributed by atoms with Crippen molar-refractivity contribution >= 4 is 17.6 Å². The lowest BCUT2D eigenvalue weighted by Gasteiger charge is -2.12. The summed E-state index contributed by atoms with van der Waals surface area (Å²) in [6.07, 6.45) is 0.211. The van der Waals surface area contributed by atoms with Crippen molar-refractivity contribution < 1.29 is 14.3 Å². The number of carboxylic acids is 1.